The standard InChI is InChI=1S/C13H14N2O4S/c14-7-10-3-1-2-4-12(10)19-8-13(16)15-11-5-6-20(17,18)9-11/h1-4,11H,5-6,8-9H2,(H,15,16)/t11-/m1/s1. The predicted molar refractivity (Wildman–Crippen MR) is 71.9 cm³/mol. The minimum absolute atomic E-state index is 0.0203. The Bertz CT molecular complexity index is 649. The summed E-state index contributed by atoms with van der Waals surface area (Å²) in [5.74, 6) is 0.0351. The number of ether oxygens (including phenoxy) is 1. The minimum Gasteiger partial charge on any atom is -0.482 e. The highest BCUT2D eigenvalue weighted by Gasteiger charge is 2.28. The number of benzene rings is 1. The molecule has 6 nitrogen and oxygen atoms in total. The van der Waals surface area contributed by atoms with Gasteiger partial charge in [0.25, 0.3) is 5.91 Å². The molecule has 1 atom stereocenters. The molecule has 1 aromatic rings. The molecular weight excluding hydrogens is 280 g/mol. The number of hydrogen-bond donors (Lipinski definition) is 1. The minimum atomic E-state index is -3.02. The van der Waals surface area contributed by atoms with Gasteiger partial charge in [0.1, 0.15) is 11.8 Å². The normalized spacial score (nSPS) is 20.1. The molecule has 1 amide bonds. The molecule has 7 heteroatoms. The van der Waals surface area contributed by atoms with E-state index in [1.54, 1.807) is 24.3 Å². The lowest BCUT2D eigenvalue weighted by atomic mass is 10.2. The van der Waals surface area contributed by atoms with Crippen LogP contribution in [0.4, 0.5) is 0 Å². The predicted octanol–water partition coefficient (Wildman–Crippen LogP) is 0.240. The molecule has 1 N–H and O–H groups in total. The van der Waals surface area contributed by atoms with Gasteiger partial charge in [0.05, 0.1) is 17.1 Å². The Labute approximate surface area is 117 Å². The summed E-state index contributed by atoms with van der Waals surface area (Å²) in [5.41, 5.74) is 0.351. The highest BCUT2D eigenvalue weighted by atomic mass is 32.2. The Morgan fingerprint density at radius 3 is 2.85 bits per heavy atom. The zero-order valence-electron chi connectivity index (χ0n) is 10.7. The van der Waals surface area contributed by atoms with E-state index in [9.17, 15) is 13.2 Å². The molecule has 1 aliphatic rings. The first-order chi connectivity index (χ1) is 9.50. The van der Waals surface area contributed by atoms with Crippen LogP contribution >= 0.6 is 0 Å². The van der Waals surface area contributed by atoms with E-state index in [-0.39, 0.29) is 30.1 Å². The van der Waals surface area contributed by atoms with Crippen molar-refractivity contribution >= 4 is 15.7 Å². The molecule has 1 saturated heterocycles. The number of rotatable bonds is 4. The van der Waals surface area contributed by atoms with Crippen molar-refractivity contribution in [3.8, 4) is 11.8 Å². The Kier molecular flexibility index (Phi) is 4.25. The van der Waals surface area contributed by atoms with E-state index in [4.69, 9.17) is 10.00 Å². The number of nitriles is 1. The second-order valence-electron chi connectivity index (χ2n) is 4.56. The number of nitrogens with zero attached hydrogens (tertiary/aromatic N) is 1. The van der Waals surface area contributed by atoms with Crippen LogP contribution < -0.4 is 10.1 Å². The van der Waals surface area contributed by atoms with Crippen LogP contribution in [0.1, 0.15) is 12.0 Å². The lowest BCUT2D eigenvalue weighted by Crippen LogP contribution is -2.38. The summed E-state index contributed by atoms with van der Waals surface area (Å²) < 4.78 is 27.8. The number of carbonyl (C=O) groups is 1. The molecule has 0 aromatic heterocycles. The van der Waals surface area contributed by atoms with Gasteiger partial charge in [-0.05, 0) is 18.6 Å². The summed E-state index contributed by atoms with van der Waals surface area (Å²) in [6, 6.07) is 8.23. The first-order valence-electron chi connectivity index (χ1n) is 6.12. The SMILES string of the molecule is N#Cc1ccccc1OCC(=O)N[C@@H]1CCS(=O)(=O)C1. The number of nitrogens with one attached hydrogen (secondary N) is 1. The van der Waals surface area contributed by atoms with Crippen LogP contribution in [0.25, 0.3) is 0 Å². The summed E-state index contributed by atoms with van der Waals surface area (Å²) in [7, 11) is -3.02. The van der Waals surface area contributed by atoms with Crippen molar-refractivity contribution in [2.75, 3.05) is 18.1 Å². The first-order valence-corrected chi connectivity index (χ1v) is 7.94. The van der Waals surface area contributed by atoms with E-state index in [0.717, 1.165) is 0 Å². The van der Waals surface area contributed by atoms with Gasteiger partial charge in [-0.15, -0.1) is 0 Å². The molecule has 2 rings (SSSR count). The van der Waals surface area contributed by atoms with E-state index < -0.39 is 9.84 Å². The van der Waals surface area contributed by atoms with Crippen LogP contribution in [0.15, 0.2) is 24.3 Å². The largest absolute Gasteiger partial charge is 0.482 e. The Morgan fingerprint density at radius 2 is 2.20 bits per heavy atom. The topological polar surface area (TPSA) is 96.3 Å². The van der Waals surface area contributed by atoms with Gasteiger partial charge in [-0.2, -0.15) is 5.26 Å². The zero-order chi connectivity index (χ0) is 14.6. The molecule has 0 bridgehead atoms. The maximum atomic E-state index is 11.7. The molecule has 0 spiro atoms. The van der Waals surface area contributed by atoms with Gasteiger partial charge >= 0.3 is 0 Å². The molecule has 20 heavy (non-hydrogen) atoms. The third kappa shape index (κ3) is 3.71. The van der Waals surface area contributed by atoms with Crippen LogP contribution in [0.3, 0.4) is 0 Å². The maximum absolute atomic E-state index is 11.7. The van der Waals surface area contributed by atoms with Crippen LogP contribution in [-0.4, -0.2) is 38.5 Å². The van der Waals surface area contributed by atoms with Crippen molar-refractivity contribution in [3.05, 3.63) is 29.8 Å². The van der Waals surface area contributed by atoms with E-state index in [1.165, 1.54) is 0 Å². The summed E-state index contributed by atoms with van der Waals surface area (Å²) in [5, 5.41) is 11.5. The fourth-order valence-corrected chi connectivity index (χ4v) is 3.68. The van der Waals surface area contributed by atoms with Crippen LogP contribution in [0.2, 0.25) is 0 Å². The smallest absolute Gasteiger partial charge is 0.258 e. The average molecular weight is 294 g/mol. The maximum Gasteiger partial charge on any atom is 0.258 e. The number of carbonyl (C=O) groups excluding carboxylic acids is 1. The second-order valence-corrected chi connectivity index (χ2v) is 6.79. The molecule has 0 aliphatic carbocycles. The third-order valence-corrected chi connectivity index (χ3v) is 4.73. The molecule has 1 aromatic carbocycles. The van der Waals surface area contributed by atoms with Crippen molar-refractivity contribution in [1.82, 2.24) is 5.32 Å². The highest BCUT2D eigenvalue weighted by molar-refractivity contribution is 7.91. The van der Waals surface area contributed by atoms with Crippen LogP contribution in [0.5, 0.6) is 5.75 Å². The molecule has 0 saturated carbocycles. The summed E-state index contributed by atoms with van der Waals surface area (Å²) >= 11 is 0. The molecule has 1 fully saturated rings. The quantitative estimate of drug-likeness (QED) is 0.858. The van der Waals surface area contributed by atoms with Gasteiger partial charge in [-0.3, -0.25) is 4.79 Å². The molecular formula is C13H14N2O4S. The van der Waals surface area contributed by atoms with Gasteiger partial charge in [0.15, 0.2) is 16.4 Å². The lowest BCUT2D eigenvalue weighted by Gasteiger charge is -2.12. The lowest BCUT2D eigenvalue weighted by molar-refractivity contribution is -0.123. The van der Waals surface area contributed by atoms with Crippen molar-refractivity contribution in [2.24, 2.45) is 0 Å². The summed E-state index contributed by atoms with van der Waals surface area (Å²) in [4.78, 5) is 11.7. The Balaban J connectivity index is 1.86. The fourth-order valence-electron chi connectivity index (χ4n) is 2.01. The van der Waals surface area contributed by atoms with Gasteiger partial charge in [0, 0.05) is 6.04 Å². The van der Waals surface area contributed by atoms with Crippen molar-refractivity contribution in [3.63, 3.8) is 0 Å². The number of sulfone groups is 1. The molecule has 1 aliphatic heterocycles. The monoisotopic (exact) mass is 294 g/mol. The highest BCUT2D eigenvalue weighted by Crippen LogP contribution is 2.16. The summed E-state index contributed by atoms with van der Waals surface area (Å²) in [6.45, 7) is -0.241. The van der Waals surface area contributed by atoms with Gasteiger partial charge in [0.2, 0.25) is 0 Å². The number of hydrogen-bond acceptors (Lipinski definition) is 5. The van der Waals surface area contributed by atoms with E-state index in [2.05, 4.69) is 5.32 Å². The van der Waals surface area contributed by atoms with E-state index >= 15 is 0 Å². The molecule has 0 unspecified atom stereocenters. The van der Waals surface area contributed by atoms with Gasteiger partial charge < -0.3 is 10.1 Å². The summed E-state index contributed by atoms with van der Waals surface area (Å²) in [6.07, 6.45) is 0.433. The number of para-hydroxylation sites is 1. The van der Waals surface area contributed by atoms with E-state index in [0.29, 0.717) is 17.7 Å². The first kappa shape index (κ1) is 14.3. The Hall–Kier alpha value is -2.07. The van der Waals surface area contributed by atoms with Crippen LogP contribution in [0, 0.1) is 11.3 Å². The zero-order valence-corrected chi connectivity index (χ0v) is 11.5. The van der Waals surface area contributed by atoms with Gasteiger partial charge in [-0.25, -0.2) is 8.42 Å². The fraction of sp³-hybridized carbons (Fsp3) is 0.385. The van der Waals surface area contributed by atoms with Crippen molar-refractivity contribution < 1.29 is 17.9 Å². The second kappa shape index (κ2) is 5.92. The Morgan fingerprint density at radius 1 is 1.45 bits per heavy atom. The average Bonchev–Trinajstić information content (AvgIpc) is 2.76. The number of amides is 1. The van der Waals surface area contributed by atoms with Crippen LogP contribution in [-0.2, 0) is 14.6 Å². The van der Waals surface area contributed by atoms with Crippen molar-refractivity contribution in [1.29, 1.82) is 5.26 Å². The molecule has 106 valence electrons. The van der Waals surface area contributed by atoms with Gasteiger partial charge in [-0.1, -0.05) is 12.1 Å². The third-order valence-electron chi connectivity index (χ3n) is 2.96. The molecule has 1 heterocycles. The molecule has 0 radical (unpaired) electrons. The van der Waals surface area contributed by atoms with Crippen molar-refractivity contribution in [2.45, 2.75) is 12.5 Å². The van der Waals surface area contributed by atoms with E-state index in [1.807, 2.05) is 6.07 Å².